The fourth-order valence-corrected chi connectivity index (χ4v) is 2.01. The van der Waals surface area contributed by atoms with E-state index in [4.69, 9.17) is 0 Å². The Balaban J connectivity index is 1.93. The number of piperidine rings is 1. The van der Waals surface area contributed by atoms with Gasteiger partial charge in [-0.25, -0.2) is 4.79 Å². The van der Waals surface area contributed by atoms with Crippen LogP contribution in [0.1, 0.15) is 19.8 Å². The lowest BCUT2D eigenvalue weighted by molar-refractivity contribution is 0.182. The normalized spacial score (nSPS) is 20.6. The first-order chi connectivity index (χ1) is 7.75. The van der Waals surface area contributed by atoms with Crippen molar-refractivity contribution < 1.29 is 4.79 Å². The van der Waals surface area contributed by atoms with Crippen molar-refractivity contribution in [2.75, 3.05) is 18.4 Å². The number of nitrogens with zero attached hydrogens (tertiary/aromatic N) is 2. The van der Waals surface area contributed by atoms with Crippen LogP contribution in [-0.4, -0.2) is 29.0 Å². The zero-order chi connectivity index (χ0) is 11.4. The molecule has 1 unspecified atom stereocenters. The van der Waals surface area contributed by atoms with Crippen LogP contribution in [0.5, 0.6) is 0 Å². The van der Waals surface area contributed by atoms with E-state index < -0.39 is 0 Å². The van der Waals surface area contributed by atoms with Crippen molar-refractivity contribution in [1.82, 2.24) is 9.88 Å². The van der Waals surface area contributed by atoms with E-state index in [1.165, 1.54) is 6.42 Å². The molecule has 1 atom stereocenters. The Morgan fingerprint density at radius 3 is 3.19 bits per heavy atom. The second-order valence-corrected chi connectivity index (χ2v) is 4.37. The van der Waals surface area contributed by atoms with Crippen LogP contribution in [0.15, 0.2) is 24.5 Å². The Hall–Kier alpha value is -1.58. The number of rotatable bonds is 1. The molecule has 1 aliphatic rings. The molecule has 0 saturated carbocycles. The summed E-state index contributed by atoms with van der Waals surface area (Å²) in [6, 6.07) is 3.65. The second-order valence-electron chi connectivity index (χ2n) is 4.37. The van der Waals surface area contributed by atoms with E-state index in [0.717, 1.165) is 25.2 Å². The molecule has 0 bridgehead atoms. The maximum atomic E-state index is 11.9. The Morgan fingerprint density at radius 2 is 2.50 bits per heavy atom. The van der Waals surface area contributed by atoms with Crippen molar-refractivity contribution >= 4 is 11.7 Å². The van der Waals surface area contributed by atoms with E-state index >= 15 is 0 Å². The summed E-state index contributed by atoms with van der Waals surface area (Å²) >= 11 is 0. The Bertz CT molecular complexity index is 353. The van der Waals surface area contributed by atoms with Crippen LogP contribution < -0.4 is 5.32 Å². The van der Waals surface area contributed by atoms with Gasteiger partial charge in [0.1, 0.15) is 0 Å². The number of carbonyl (C=O) groups is 1. The fraction of sp³-hybridized carbons (Fsp3) is 0.500. The van der Waals surface area contributed by atoms with Crippen molar-refractivity contribution in [2.45, 2.75) is 19.8 Å². The molecular formula is C12H17N3O. The number of pyridine rings is 1. The number of amides is 2. The minimum absolute atomic E-state index is 0.0143. The second kappa shape index (κ2) is 4.96. The zero-order valence-corrected chi connectivity index (χ0v) is 9.52. The summed E-state index contributed by atoms with van der Waals surface area (Å²) < 4.78 is 0. The van der Waals surface area contributed by atoms with Crippen LogP contribution in [0.2, 0.25) is 0 Å². The topological polar surface area (TPSA) is 45.2 Å². The van der Waals surface area contributed by atoms with Gasteiger partial charge in [0.05, 0.1) is 11.9 Å². The minimum Gasteiger partial charge on any atom is -0.324 e. The van der Waals surface area contributed by atoms with Crippen LogP contribution in [0, 0.1) is 5.92 Å². The first-order valence-electron chi connectivity index (χ1n) is 5.71. The van der Waals surface area contributed by atoms with Gasteiger partial charge in [0.25, 0.3) is 0 Å². The Morgan fingerprint density at radius 1 is 1.62 bits per heavy atom. The third kappa shape index (κ3) is 2.72. The first kappa shape index (κ1) is 10.9. The zero-order valence-electron chi connectivity index (χ0n) is 9.52. The number of likely N-dealkylation sites (tertiary alicyclic amines) is 1. The molecule has 1 N–H and O–H groups in total. The first-order valence-corrected chi connectivity index (χ1v) is 5.71. The standard InChI is InChI=1S/C12H17N3O/c1-10-4-3-7-15(9-10)12(16)14-11-5-2-6-13-8-11/h2,5-6,8,10H,3-4,7,9H2,1H3,(H,14,16). The van der Waals surface area contributed by atoms with E-state index in [2.05, 4.69) is 17.2 Å². The van der Waals surface area contributed by atoms with E-state index in [0.29, 0.717) is 5.92 Å². The van der Waals surface area contributed by atoms with Gasteiger partial charge in [-0.2, -0.15) is 0 Å². The molecule has 1 saturated heterocycles. The number of nitrogens with one attached hydrogen (secondary N) is 1. The summed E-state index contributed by atoms with van der Waals surface area (Å²) in [7, 11) is 0. The summed E-state index contributed by atoms with van der Waals surface area (Å²) in [5.74, 6) is 0.605. The minimum atomic E-state index is -0.0143. The van der Waals surface area contributed by atoms with Crippen molar-refractivity contribution in [2.24, 2.45) is 5.92 Å². The monoisotopic (exact) mass is 219 g/mol. The maximum Gasteiger partial charge on any atom is 0.321 e. The summed E-state index contributed by atoms with van der Waals surface area (Å²) in [5, 5.41) is 2.86. The van der Waals surface area contributed by atoms with Crippen molar-refractivity contribution in [3.8, 4) is 0 Å². The largest absolute Gasteiger partial charge is 0.324 e. The molecule has 0 aromatic carbocycles. The number of carbonyl (C=O) groups excluding carboxylic acids is 1. The molecule has 1 aromatic heterocycles. The molecule has 86 valence electrons. The number of urea groups is 1. The van der Waals surface area contributed by atoms with Crippen LogP contribution in [-0.2, 0) is 0 Å². The molecule has 2 amide bonds. The average Bonchev–Trinajstić information content (AvgIpc) is 2.30. The predicted molar refractivity (Wildman–Crippen MR) is 63.2 cm³/mol. The van der Waals surface area contributed by atoms with E-state index in [1.807, 2.05) is 17.0 Å². The molecule has 16 heavy (non-hydrogen) atoms. The highest BCUT2D eigenvalue weighted by molar-refractivity contribution is 5.89. The van der Waals surface area contributed by atoms with Crippen molar-refractivity contribution in [3.05, 3.63) is 24.5 Å². The number of anilines is 1. The highest BCUT2D eigenvalue weighted by Gasteiger charge is 2.20. The van der Waals surface area contributed by atoms with Crippen molar-refractivity contribution in [1.29, 1.82) is 0 Å². The Labute approximate surface area is 95.7 Å². The van der Waals surface area contributed by atoms with Crippen molar-refractivity contribution in [3.63, 3.8) is 0 Å². The number of aromatic nitrogens is 1. The Kier molecular flexibility index (Phi) is 3.39. The van der Waals surface area contributed by atoms with Gasteiger partial charge in [0.2, 0.25) is 0 Å². The van der Waals surface area contributed by atoms with Crippen LogP contribution in [0.25, 0.3) is 0 Å². The van der Waals surface area contributed by atoms with Gasteiger partial charge in [0.15, 0.2) is 0 Å². The lowest BCUT2D eigenvalue weighted by Crippen LogP contribution is -2.41. The number of hydrogen-bond acceptors (Lipinski definition) is 2. The van der Waals surface area contributed by atoms with Crippen LogP contribution in [0.4, 0.5) is 10.5 Å². The third-order valence-corrected chi connectivity index (χ3v) is 2.86. The molecule has 1 aliphatic heterocycles. The van der Waals surface area contributed by atoms with Gasteiger partial charge in [-0.3, -0.25) is 4.98 Å². The van der Waals surface area contributed by atoms with E-state index in [9.17, 15) is 4.79 Å². The van der Waals surface area contributed by atoms with Crippen LogP contribution in [0.3, 0.4) is 0 Å². The number of hydrogen-bond donors (Lipinski definition) is 1. The highest BCUT2D eigenvalue weighted by atomic mass is 16.2. The molecule has 1 fully saturated rings. The summed E-state index contributed by atoms with van der Waals surface area (Å²) in [6.07, 6.45) is 5.67. The predicted octanol–water partition coefficient (Wildman–Crippen LogP) is 2.35. The lowest BCUT2D eigenvalue weighted by atomic mass is 10.0. The lowest BCUT2D eigenvalue weighted by Gasteiger charge is -2.30. The SMILES string of the molecule is CC1CCCN(C(=O)Nc2cccnc2)C1. The average molecular weight is 219 g/mol. The van der Waals surface area contributed by atoms with Gasteiger partial charge < -0.3 is 10.2 Å². The van der Waals surface area contributed by atoms with Gasteiger partial charge in [-0.1, -0.05) is 6.92 Å². The molecule has 0 spiro atoms. The third-order valence-electron chi connectivity index (χ3n) is 2.86. The van der Waals surface area contributed by atoms with E-state index in [-0.39, 0.29) is 6.03 Å². The molecular weight excluding hydrogens is 202 g/mol. The molecule has 2 heterocycles. The molecule has 4 nitrogen and oxygen atoms in total. The maximum absolute atomic E-state index is 11.9. The fourth-order valence-electron chi connectivity index (χ4n) is 2.01. The van der Waals surface area contributed by atoms with Gasteiger partial charge in [-0.05, 0) is 30.9 Å². The molecule has 0 aliphatic carbocycles. The quantitative estimate of drug-likeness (QED) is 0.788. The van der Waals surface area contributed by atoms with E-state index in [1.54, 1.807) is 12.4 Å². The molecule has 2 rings (SSSR count). The molecule has 1 aromatic rings. The van der Waals surface area contributed by atoms with Gasteiger partial charge >= 0.3 is 6.03 Å². The van der Waals surface area contributed by atoms with Gasteiger partial charge in [0, 0.05) is 19.3 Å². The molecule has 4 heteroatoms. The molecule has 0 radical (unpaired) electrons. The highest BCUT2D eigenvalue weighted by Crippen LogP contribution is 2.16. The summed E-state index contributed by atoms with van der Waals surface area (Å²) in [6.45, 7) is 3.89. The summed E-state index contributed by atoms with van der Waals surface area (Å²) in [4.78, 5) is 17.7. The summed E-state index contributed by atoms with van der Waals surface area (Å²) in [5.41, 5.74) is 0.755. The van der Waals surface area contributed by atoms with Crippen LogP contribution >= 0.6 is 0 Å². The van der Waals surface area contributed by atoms with Gasteiger partial charge in [-0.15, -0.1) is 0 Å². The smallest absolute Gasteiger partial charge is 0.321 e.